The molecular weight excluding hydrogens is 304 g/mol. The number of carbonyl (C=O) groups excluding carboxylic acids is 1. The van der Waals surface area contributed by atoms with Crippen molar-refractivity contribution in [1.29, 1.82) is 0 Å². The van der Waals surface area contributed by atoms with Crippen LogP contribution in [0.4, 0.5) is 5.95 Å². The lowest BCUT2D eigenvalue weighted by Crippen LogP contribution is -2.26. The molecule has 1 heterocycles. The van der Waals surface area contributed by atoms with Crippen molar-refractivity contribution in [3.63, 3.8) is 0 Å². The molecule has 0 spiro atoms. The number of ether oxygens (including phenoxy) is 1. The van der Waals surface area contributed by atoms with Gasteiger partial charge >= 0.3 is 0 Å². The minimum Gasteiger partial charge on any atom is -0.487 e. The predicted molar refractivity (Wildman–Crippen MR) is 94.1 cm³/mol. The van der Waals surface area contributed by atoms with Crippen molar-refractivity contribution >= 4 is 11.9 Å². The molecule has 6 heteroatoms. The van der Waals surface area contributed by atoms with Crippen LogP contribution in [0.1, 0.15) is 47.1 Å². The topological polar surface area (TPSA) is 81.3 Å². The first kappa shape index (κ1) is 17.7. The normalized spacial score (nSPS) is 10.8. The summed E-state index contributed by atoms with van der Waals surface area (Å²) in [4.78, 5) is 22.3. The zero-order chi connectivity index (χ0) is 17.9. The lowest BCUT2D eigenvalue weighted by Gasteiger charge is -2.17. The van der Waals surface area contributed by atoms with E-state index in [9.17, 15) is 4.79 Å². The number of benzene rings is 1. The summed E-state index contributed by atoms with van der Waals surface area (Å²) in [5.74, 6) is 1.09. The van der Waals surface area contributed by atoms with Crippen molar-refractivity contribution in [2.24, 2.45) is 0 Å². The van der Waals surface area contributed by atoms with Gasteiger partial charge in [0.25, 0.3) is 5.91 Å². The van der Waals surface area contributed by atoms with Crippen LogP contribution < -0.4 is 10.5 Å². The molecule has 24 heavy (non-hydrogen) atoms. The first-order chi connectivity index (χ1) is 11.3. The SMILES string of the molecule is Cc1nc(N)nc(COc2ccccc2C(C)C)c1C(=O)N(C)C. The first-order valence-corrected chi connectivity index (χ1v) is 7.87. The van der Waals surface area contributed by atoms with Crippen LogP contribution in [0.25, 0.3) is 0 Å². The number of hydrogen-bond acceptors (Lipinski definition) is 5. The Morgan fingerprint density at radius 3 is 2.54 bits per heavy atom. The van der Waals surface area contributed by atoms with E-state index in [1.165, 1.54) is 4.90 Å². The molecule has 0 saturated carbocycles. The van der Waals surface area contributed by atoms with E-state index in [1.54, 1.807) is 21.0 Å². The maximum atomic E-state index is 12.4. The highest BCUT2D eigenvalue weighted by Crippen LogP contribution is 2.27. The van der Waals surface area contributed by atoms with Crippen molar-refractivity contribution in [1.82, 2.24) is 14.9 Å². The van der Waals surface area contributed by atoms with Crippen LogP contribution in [0, 0.1) is 6.92 Å². The van der Waals surface area contributed by atoms with Gasteiger partial charge in [-0.3, -0.25) is 4.79 Å². The number of nitrogens with two attached hydrogens (primary N) is 1. The van der Waals surface area contributed by atoms with Crippen molar-refractivity contribution < 1.29 is 9.53 Å². The Labute approximate surface area is 142 Å². The highest BCUT2D eigenvalue weighted by Gasteiger charge is 2.20. The average molecular weight is 328 g/mol. The fraction of sp³-hybridized carbons (Fsp3) is 0.389. The molecule has 0 atom stereocenters. The Morgan fingerprint density at radius 1 is 1.25 bits per heavy atom. The molecule has 6 nitrogen and oxygen atoms in total. The van der Waals surface area contributed by atoms with Crippen LogP contribution in [-0.4, -0.2) is 34.9 Å². The average Bonchev–Trinajstić information content (AvgIpc) is 2.51. The Balaban J connectivity index is 2.35. The first-order valence-electron chi connectivity index (χ1n) is 7.87. The number of carbonyl (C=O) groups is 1. The Hall–Kier alpha value is -2.63. The van der Waals surface area contributed by atoms with Crippen LogP contribution in [-0.2, 0) is 6.61 Å². The molecule has 1 amide bonds. The summed E-state index contributed by atoms with van der Waals surface area (Å²) < 4.78 is 5.95. The number of amides is 1. The molecule has 1 aromatic carbocycles. The number of nitrogens with zero attached hydrogens (tertiary/aromatic N) is 3. The fourth-order valence-corrected chi connectivity index (χ4v) is 2.50. The van der Waals surface area contributed by atoms with Gasteiger partial charge in [-0.1, -0.05) is 32.0 Å². The molecule has 0 aliphatic rings. The summed E-state index contributed by atoms with van der Waals surface area (Å²) in [5.41, 5.74) is 8.35. The molecule has 2 rings (SSSR count). The second-order valence-corrected chi connectivity index (χ2v) is 6.17. The molecule has 0 aliphatic carbocycles. The fourth-order valence-electron chi connectivity index (χ4n) is 2.50. The summed E-state index contributed by atoms with van der Waals surface area (Å²) in [6.45, 7) is 6.12. The summed E-state index contributed by atoms with van der Waals surface area (Å²) in [5, 5.41) is 0. The van der Waals surface area contributed by atoms with Crippen molar-refractivity contribution in [3.05, 3.63) is 46.8 Å². The molecule has 0 unspecified atom stereocenters. The highest BCUT2D eigenvalue weighted by molar-refractivity contribution is 5.96. The molecule has 1 aromatic heterocycles. The van der Waals surface area contributed by atoms with Gasteiger partial charge < -0.3 is 15.4 Å². The molecule has 128 valence electrons. The number of para-hydroxylation sites is 1. The third kappa shape index (κ3) is 3.82. The van der Waals surface area contributed by atoms with Crippen LogP contribution in [0.5, 0.6) is 5.75 Å². The third-order valence-corrected chi connectivity index (χ3v) is 3.71. The molecule has 0 fully saturated rings. The molecular formula is C18H24N4O2. The van der Waals surface area contributed by atoms with Gasteiger partial charge in [0.15, 0.2) is 0 Å². The minimum atomic E-state index is -0.164. The Bertz CT molecular complexity index is 742. The van der Waals surface area contributed by atoms with E-state index in [1.807, 2.05) is 24.3 Å². The highest BCUT2D eigenvalue weighted by atomic mass is 16.5. The van der Waals surface area contributed by atoms with E-state index in [-0.39, 0.29) is 18.5 Å². The summed E-state index contributed by atoms with van der Waals surface area (Å²) in [7, 11) is 3.38. The molecule has 0 radical (unpaired) electrons. The van der Waals surface area contributed by atoms with Crippen LogP contribution in [0.3, 0.4) is 0 Å². The number of nitrogen functional groups attached to an aromatic ring is 1. The van der Waals surface area contributed by atoms with Crippen LogP contribution >= 0.6 is 0 Å². The van der Waals surface area contributed by atoms with Crippen molar-refractivity contribution in [3.8, 4) is 5.75 Å². The van der Waals surface area contributed by atoms with Gasteiger partial charge in [0.1, 0.15) is 12.4 Å². The van der Waals surface area contributed by atoms with E-state index < -0.39 is 0 Å². The molecule has 0 saturated heterocycles. The minimum absolute atomic E-state index is 0.138. The van der Waals surface area contributed by atoms with Gasteiger partial charge in [-0.05, 0) is 24.5 Å². The number of rotatable bonds is 5. The smallest absolute Gasteiger partial charge is 0.257 e. The van der Waals surface area contributed by atoms with E-state index in [2.05, 4.69) is 23.8 Å². The molecule has 2 aromatic rings. The van der Waals surface area contributed by atoms with Gasteiger partial charge in [-0.25, -0.2) is 9.97 Å². The number of hydrogen-bond donors (Lipinski definition) is 1. The van der Waals surface area contributed by atoms with E-state index in [0.717, 1.165) is 11.3 Å². The zero-order valence-corrected chi connectivity index (χ0v) is 14.8. The van der Waals surface area contributed by atoms with Crippen LogP contribution in [0.15, 0.2) is 24.3 Å². The Kier molecular flexibility index (Phi) is 5.39. The van der Waals surface area contributed by atoms with Gasteiger partial charge in [0.05, 0.1) is 17.0 Å². The van der Waals surface area contributed by atoms with E-state index in [4.69, 9.17) is 10.5 Å². The maximum absolute atomic E-state index is 12.4. The quantitative estimate of drug-likeness (QED) is 0.912. The summed E-state index contributed by atoms with van der Waals surface area (Å²) in [6, 6.07) is 7.86. The molecule has 2 N–H and O–H groups in total. The van der Waals surface area contributed by atoms with E-state index in [0.29, 0.717) is 22.9 Å². The largest absolute Gasteiger partial charge is 0.487 e. The molecule has 0 aliphatic heterocycles. The Morgan fingerprint density at radius 2 is 1.92 bits per heavy atom. The summed E-state index contributed by atoms with van der Waals surface area (Å²) >= 11 is 0. The van der Waals surface area contributed by atoms with Crippen LogP contribution in [0.2, 0.25) is 0 Å². The standard InChI is InChI=1S/C18H24N4O2/c1-11(2)13-8-6-7-9-15(13)24-10-14-16(17(23)22(4)5)12(3)20-18(19)21-14/h6-9,11H,10H2,1-5H3,(H2,19,20,21). The summed E-state index contributed by atoms with van der Waals surface area (Å²) in [6.07, 6.45) is 0. The number of aromatic nitrogens is 2. The van der Waals surface area contributed by atoms with Gasteiger partial charge in [0, 0.05) is 14.1 Å². The molecule has 0 bridgehead atoms. The van der Waals surface area contributed by atoms with Gasteiger partial charge in [-0.15, -0.1) is 0 Å². The lowest BCUT2D eigenvalue weighted by molar-refractivity contribution is 0.0823. The lowest BCUT2D eigenvalue weighted by atomic mass is 10.0. The van der Waals surface area contributed by atoms with Gasteiger partial charge in [-0.2, -0.15) is 0 Å². The van der Waals surface area contributed by atoms with Crippen molar-refractivity contribution in [2.75, 3.05) is 19.8 Å². The predicted octanol–water partition coefficient (Wildman–Crippen LogP) is 2.77. The number of aryl methyl sites for hydroxylation is 1. The van der Waals surface area contributed by atoms with E-state index >= 15 is 0 Å². The second-order valence-electron chi connectivity index (χ2n) is 6.17. The van der Waals surface area contributed by atoms with Gasteiger partial charge in [0.2, 0.25) is 5.95 Å². The maximum Gasteiger partial charge on any atom is 0.257 e. The van der Waals surface area contributed by atoms with Crippen molar-refractivity contribution in [2.45, 2.75) is 33.3 Å². The number of anilines is 1. The zero-order valence-electron chi connectivity index (χ0n) is 14.8. The second kappa shape index (κ2) is 7.29. The third-order valence-electron chi connectivity index (χ3n) is 3.71. The monoisotopic (exact) mass is 328 g/mol.